The van der Waals surface area contributed by atoms with Crippen molar-refractivity contribution in [1.29, 1.82) is 0 Å². The SMILES string of the molecule is Cc1cccc([N+](=O)[O-])c1O[C@@H](C)CC(=O)O. The number of carboxylic acid groups (broad SMARTS) is 1. The van der Waals surface area contributed by atoms with Crippen LogP contribution < -0.4 is 4.74 Å². The molecule has 0 aliphatic heterocycles. The molecule has 6 heteroatoms. The molecule has 1 aromatic carbocycles. The number of hydrogen-bond donors (Lipinski definition) is 1. The van der Waals surface area contributed by atoms with Crippen molar-refractivity contribution in [1.82, 2.24) is 0 Å². The van der Waals surface area contributed by atoms with Crippen LogP contribution in [0.15, 0.2) is 18.2 Å². The molecule has 1 atom stereocenters. The van der Waals surface area contributed by atoms with Gasteiger partial charge in [0.2, 0.25) is 0 Å². The first-order chi connectivity index (χ1) is 7.91. The molecule has 17 heavy (non-hydrogen) atoms. The lowest BCUT2D eigenvalue weighted by atomic mass is 10.2. The second-order valence-corrected chi connectivity index (χ2v) is 3.71. The van der Waals surface area contributed by atoms with Crippen LogP contribution in [0.1, 0.15) is 18.9 Å². The average molecular weight is 239 g/mol. The van der Waals surface area contributed by atoms with Crippen molar-refractivity contribution in [2.75, 3.05) is 0 Å². The van der Waals surface area contributed by atoms with E-state index in [-0.39, 0.29) is 17.9 Å². The van der Waals surface area contributed by atoms with Crippen molar-refractivity contribution in [3.63, 3.8) is 0 Å². The van der Waals surface area contributed by atoms with Crippen LogP contribution in [0.25, 0.3) is 0 Å². The van der Waals surface area contributed by atoms with Crippen molar-refractivity contribution in [2.45, 2.75) is 26.4 Å². The monoisotopic (exact) mass is 239 g/mol. The number of aliphatic carboxylic acids is 1. The highest BCUT2D eigenvalue weighted by molar-refractivity contribution is 5.67. The first-order valence-corrected chi connectivity index (χ1v) is 5.04. The minimum absolute atomic E-state index is 0.131. The largest absolute Gasteiger partial charge is 0.483 e. The Morgan fingerprint density at radius 3 is 2.76 bits per heavy atom. The molecule has 0 spiro atoms. The summed E-state index contributed by atoms with van der Waals surface area (Å²) in [5.41, 5.74) is 0.457. The predicted octanol–water partition coefficient (Wildman–Crippen LogP) is 2.15. The summed E-state index contributed by atoms with van der Waals surface area (Å²) in [6.07, 6.45) is -0.821. The fourth-order valence-electron chi connectivity index (χ4n) is 1.42. The Morgan fingerprint density at radius 1 is 1.59 bits per heavy atom. The minimum atomic E-state index is -1.01. The molecule has 0 aliphatic carbocycles. The van der Waals surface area contributed by atoms with Gasteiger partial charge < -0.3 is 9.84 Å². The Labute approximate surface area is 98.0 Å². The molecule has 0 radical (unpaired) electrons. The second kappa shape index (κ2) is 5.29. The third-order valence-corrected chi connectivity index (χ3v) is 2.17. The van der Waals surface area contributed by atoms with Gasteiger partial charge in [-0.15, -0.1) is 0 Å². The molecular formula is C11H13NO5. The third-order valence-electron chi connectivity index (χ3n) is 2.17. The number of carbonyl (C=O) groups is 1. The number of nitrogens with zero attached hydrogens (tertiary/aromatic N) is 1. The van der Waals surface area contributed by atoms with E-state index in [1.54, 1.807) is 26.0 Å². The number of hydrogen-bond acceptors (Lipinski definition) is 4. The zero-order chi connectivity index (χ0) is 13.0. The lowest BCUT2D eigenvalue weighted by Crippen LogP contribution is -2.17. The van der Waals surface area contributed by atoms with Gasteiger partial charge in [0, 0.05) is 6.07 Å². The summed E-state index contributed by atoms with van der Waals surface area (Å²) >= 11 is 0. The Hall–Kier alpha value is -2.11. The first-order valence-electron chi connectivity index (χ1n) is 5.04. The van der Waals surface area contributed by atoms with E-state index in [1.165, 1.54) is 6.07 Å². The second-order valence-electron chi connectivity index (χ2n) is 3.71. The number of nitro groups is 1. The Morgan fingerprint density at radius 2 is 2.24 bits per heavy atom. The number of carboxylic acids is 1. The van der Waals surface area contributed by atoms with E-state index in [2.05, 4.69) is 0 Å². The number of rotatable bonds is 5. The quantitative estimate of drug-likeness (QED) is 0.628. The smallest absolute Gasteiger partial charge is 0.311 e. The highest BCUT2D eigenvalue weighted by atomic mass is 16.6. The summed E-state index contributed by atoms with van der Waals surface area (Å²) in [6, 6.07) is 4.56. The van der Waals surface area contributed by atoms with Crippen LogP contribution in [0.2, 0.25) is 0 Å². The van der Waals surface area contributed by atoms with Gasteiger partial charge in [0.05, 0.1) is 11.3 Å². The van der Waals surface area contributed by atoms with Crippen molar-refractivity contribution in [3.05, 3.63) is 33.9 Å². The van der Waals surface area contributed by atoms with Crippen LogP contribution >= 0.6 is 0 Å². The van der Waals surface area contributed by atoms with Crippen molar-refractivity contribution in [3.8, 4) is 5.75 Å². The Kier molecular flexibility index (Phi) is 4.03. The normalized spacial score (nSPS) is 11.9. The summed E-state index contributed by atoms with van der Waals surface area (Å²) in [4.78, 5) is 20.7. The lowest BCUT2D eigenvalue weighted by molar-refractivity contribution is -0.386. The first kappa shape index (κ1) is 13.0. The molecule has 1 N–H and O–H groups in total. The molecule has 0 fully saturated rings. The zero-order valence-corrected chi connectivity index (χ0v) is 9.54. The van der Waals surface area contributed by atoms with Crippen LogP contribution in [-0.2, 0) is 4.79 Å². The number of nitro benzene ring substituents is 1. The van der Waals surface area contributed by atoms with E-state index in [9.17, 15) is 14.9 Å². The van der Waals surface area contributed by atoms with E-state index >= 15 is 0 Å². The van der Waals surface area contributed by atoms with Crippen LogP contribution in [0, 0.1) is 17.0 Å². The molecule has 1 rings (SSSR count). The Balaban J connectivity index is 2.96. The van der Waals surface area contributed by atoms with Gasteiger partial charge in [0.25, 0.3) is 0 Å². The molecule has 6 nitrogen and oxygen atoms in total. The predicted molar refractivity (Wildman–Crippen MR) is 60.2 cm³/mol. The number of benzene rings is 1. The molecule has 1 aromatic rings. The van der Waals surface area contributed by atoms with Gasteiger partial charge in [-0.25, -0.2) is 0 Å². The van der Waals surface area contributed by atoms with Gasteiger partial charge in [-0.2, -0.15) is 0 Å². The highest BCUT2D eigenvalue weighted by Crippen LogP contribution is 2.31. The van der Waals surface area contributed by atoms with Gasteiger partial charge in [0.15, 0.2) is 5.75 Å². The summed E-state index contributed by atoms with van der Waals surface area (Å²) in [5.74, 6) is -0.875. The Bertz CT molecular complexity index is 443. The van der Waals surface area contributed by atoms with Gasteiger partial charge in [-0.1, -0.05) is 12.1 Å². The maximum absolute atomic E-state index is 10.8. The molecule has 0 amide bonds. The molecule has 0 aromatic heterocycles. The maximum atomic E-state index is 10.8. The number of aryl methyl sites for hydroxylation is 1. The standard InChI is InChI=1S/C11H13NO5/c1-7-4-3-5-9(12(15)16)11(7)17-8(2)6-10(13)14/h3-5,8H,6H2,1-2H3,(H,13,14)/t8-/m0/s1. The number of para-hydroxylation sites is 1. The van der Waals surface area contributed by atoms with E-state index in [1.807, 2.05) is 0 Å². The summed E-state index contributed by atoms with van der Waals surface area (Å²) < 4.78 is 5.33. The molecule has 0 saturated heterocycles. The molecule has 92 valence electrons. The van der Waals surface area contributed by atoms with Crippen LogP contribution in [-0.4, -0.2) is 22.1 Å². The average Bonchev–Trinajstić information content (AvgIpc) is 2.19. The molecular weight excluding hydrogens is 226 g/mol. The zero-order valence-electron chi connectivity index (χ0n) is 9.54. The van der Waals surface area contributed by atoms with Gasteiger partial charge >= 0.3 is 11.7 Å². The van der Waals surface area contributed by atoms with Crippen LogP contribution in [0.3, 0.4) is 0 Å². The fraction of sp³-hybridized carbons (Fsp3) is 0.364. The van der Waals surface area contributed by atoms with Crippen molar-refractivity contribution in [2.24, 2.45) is 0 Å². The van der Waals surface area contributed by atoms with E-state index in [0.29, 0.717) is 5.56 Å². The third kappa shape index (κ3) is 3.44. The lowest BCUT2D eigenvalue weighted by Gasteiger charge is -2.14. The molecule has 0 heterocycles. The van der Waals surface area contributed by atoms with Gasteiger partial charge in [-0.05, 0) is 19.4 Å². The van der Waals surface area contributed by atoms with E-state index < -0.39 is 17.0 Å². The summed E-state index contributed by atoms with van der Waals surface area (Å²) in [6.45, 7) is 3.24. The number of ether oxygens (including phenoxy) is 1. The van der Waals surface area contributed by atoms with Crippen LogP contribution in [0.4, 0.5) is 5.69 Å². The molecule has 0 saturated carbocycles. The maximum Gasteiger partial charge on any atom is 0.311 e. The van der Waals surface area contributed by atoms with Crippen molar-refractivity contribution >= 4 is 11.7 Å². The van der Waals surface area contributed by atoms with Gasteiger partial charge in [0.1, 0.15) is 6.10 Å². The van der Waals surface area contributed by atoms with E-state index in [0.717, 1.165) is 0 Å². The molecule has 0 bridgehead atoms. The van der Waals surface area contributed by atoms with Crippen molar-refractivity contribution < 1.29 is 19.6 Å². The van der Waals surface area contributed by atoms with E-state index in [4.69, 9.17) is 9.84 Å². The van der Waals surface area contributed by atoms with Crippen LogP contribution in [0.5, 0.6) is 5.75 Å². The molecule has 0 unspecified atom stereocenters. The topological polar surface area (TPSA) is 89.7 Å². The summed E-state index contributed by atoms with van der Waals surface area (Å²) in [5, 5.41) is 19.4. The molecule has 0 aliphatic rings. The van der Waals surface area contributed by atoms with Gasteiger partial charge in [-0.3, -0.25) is 14.9 Å². The highest BCUT2D eigenvalue weighted by Gasteiger charge is 2.20. The summed E-state index contributed by atoms with van der Waals surface area (Å²) in [7, 11) is 0. The minimum Gasteiger partial charge on any atom is -0.483 e. The fourth-order valence-corrected chi connectivity index (χ4v) is 1.42.